The van der Waals surface area contributed by atoms with E-state index >= 15 is 0 Å². The van der Waals surface area contributed by atoms with Gasteiger partial charge in [0, 0.05) is 6.20 Å². The number of hydrogen-bond donors (Lipinski definition) is 2. The number of rotatable bonds is 6. The van der Waals surface area contributed by atoms with Crippen LogP contribution in [0.3, 0.4) is 0 Å². The highest BCUT2D eigenvalue weighted by Crippen LogP contribution is 2.27. The molecule has 1 amide bonds. The SMILES string of the molecule is CCOC(=O)c1ccc2nc(SC(C)C(=O)Nc3ncc(Cl)cc3Cl)[nH]c2c1. The van der Waals surface area contributed by atoms with Crippen LogP contribution >= 0.6 is 35.0 Å². The first-order valence-corrected chi connectivity index (χ1v) is 9.96. The lowest BCUT2D eigenvalue weighted by atomic mass is 10.2. The number of amides is 1. The van der Waals surface area contributed by atoms with E-state index in [2.05, 4.69) is 20.3 Å². The molecular weight excluding hydrogens is 423 g/mol. The zero-order valence-corrected chi connectivity index (χ0v) is 17.3. The molecule has 0 spiro atoms. The number of hydrogen-bond acceptors (Lipinski definition) is 6. The van der Waals surface area contributed by atoms with Gasteiger partial charge < -0.3 is 15.0 Å². The summed E-state index contributed by atoms with van der Waals surface area (Å²) < 4.78 is 5.00. The Morgan fingerprint density at radius 3 is 2.82 bits per heavy atom. The molecular formula is C18H16Cl2N4O3S. The second kappa shape index (κ2) is 8.81. The van der Waals surface area contributed by atoms with Gasteiger partial charge >= 0.3 is 5.97 Å². The van der Waals surface area contributed by atoms with Gasteiger partial charge in [-0.3, -0.25) is 4.79 Å². The highest BCUT2D eigenvalue weighted by Gasteiger charge is 2.19. The number of nitrogens with one attached hydrogen (secondary N) is 2. The van der Waals surface area contributed by atoms with Gasteiger partial charge in [-0.1, -0.05) is 35.0 Å². The lowest BCUT2D eigenvalue weighted by Gasteiger charge is -2.11. The van der Waals surface area contributed by atoms with E-state index in [0.29, 0.717) is 33.4 Å². The van der Waals surface area contributed by atoms with Crippen molar-refractivity contribution in [1.29, 1.82) is 0 Å². The Kier molecular flexibility index (Phi) is 6.43. The molecule has 0 saturated heterocycles. The van der Waals surface area contributed by atoms with Crippen LogP contribution in [0.5, 0.6) is 0 Å². The number of fused-ring (bicyclic) bond motifs is 1. The molecule has 0 radical (unpaired) electrons. The third kappa shape index (κ3) is 4.76. The molecule has 0 bridgehead atoms. The van der Waals surface area contributed by atoms with Crippen LogP contribution in [-0.2, 0) is 9.53 Å². The van der Waals surface area contributed by atoms with Gasteiger partial charge in [0.1, 0.15) is 0 Å². The number of halogens is 2. The lowest BCUT2D eigenvalue weighted by molar-refractivity contribution is -0.115. The first-order valence-electron chi connectivity index (χ1n) is 8.33. The number of carbonyl (C=O) groups is 2. The van der Waals surface area contributed by atoms with E-state index in [4.69, 9.17) is 27.9 Å². The van der Waals surface area contributed by atoms with E-state index in [-0.39, 0.29) is 16.7 Å². The maximum Gasteiger partial charge on any atom is 0.338 e. The molecule has 1 aromatic carbocycles. The average Bonchev–Trinajstić information content (AvgIpc) is 3.05. The summed E-state index contributed by atoms with van der Waals surface area (Å²) in [5, 5.41) is 3.38. The number of H-pyrrole nitrogens is 1. The summed E-state index contributed by atoms with van der Waals surface area (Å²) in [6.45, 7) is 3.79. The number of ether oxygens (including phenoxy) is 1. The van der Waals surface area contributed by atoms with E-state index in [1.165, 1.54) is 24.0 Å². The highest BCUT2D eigenvalue weighted by molar-refractivity contribution is 8.00. The third-order valence-corrected chi connectivity index (χ3v) is 5.16. The van der Waals surface area contributed by atoms with E-state index < -0.39 is 11.2 Å². The van der Waals surface area contributed by atoms with Crippen LogP contribution in [0.1, 0.15) is 24.2 Å². The monoisotopic (exact) mass is 438 g/mol. The summed E-state index contributed by atoms with van der Waals surface area (Å²) in [6, 6.07) is 6.56. The van der Waals surface area contributed by atoms with Crippen molar-refractivity contribution in [3.05, 3.63) is 46.1 Å². The number of imidazole rings is 1. The summed E-state index contributed by atoms with van der Waals surface area (Å²) in [6.07, 6.45) is 1.40. The summed E-state index contributed by atoms with van der Waals surface area (Å²) in [5.74, 6) is -0.435. The molecule has 3 aromatic rings. The van der Waals surface area contributed by atoms with Gasteiger partial charge in [0.15, 0.2) is 11.0 Å². The second-order valence-corrected chi connectivity index (χ2v) is 7.90. The Balaban J connectivity index is 1.70. The van der Waals surface area contributed by atoms with Crippen molar-refractivity contribution in [3.8, 4) is 0 Å². The second-order valence-electron chi connectivity index (χ2n) is 5.73. The first kappa shape index (κ1) is 20.4. The van der Waals surface area contributed by atoms with Gasteiger partial charge in [-0.25, -0.2) is 14.8 Å². The zero-order valence-electron chi connectivity index (χ0n) is 15.0. The van der Waals surface area contributed by atoms with Crippen LogP contribution in [0.2, 0.25) is 10.0 Å². The van der Waals surface area contributed by atoms with E-state index in [9.17, 15) is 9.59 Å². The summed E-state index contributed by atoms with van der Waals surface area (Å²) in [4.78, 5) is 35.8. The summed E-state index contributed by atoms with van der Waals surface area (Å²) in [5.41, 5.74) is 1.80. The predicted molar refractivity (Wildman–Crippen MR) is 110 cm³/mol. The summed E-state index contributed by atoms with van der Waals surface area (Å²) >= 11 is 13.1. The molecule has 3 rings (SSSR count). The van der Waals surface area contributed by atoms with Crippen LogP contribution in [0, 0.1) is 0 Å². The molecule has 0 aliphatic carbocycles. The largest absolute Gasteiger partial charge is 0.462 e. The quantitative estimate of drug-likeness (QED) is 0.432. The molecule has 0 saturated carbocycles. The van der Waals surface area contributed by atoms with Crippen molar-refractivity contribution in [2.24, 2.45) is 0 Å². The molecule has 1 unspecified atom stereocenters. The van der Waals surface area contributed by atoms with Crippen LogP contribution in [0.15, 0.2) is 35.6 Å². The molecule has 2 heterocycles. The third-order valence-electron chi connectivity index (χ3n) is 3.68. The number of aromatic amines is 1. The molecule has 2 N–H and O–H groups in total. The van der Waals surface area contributed by atoms with Gasteiger partial charge in [0.25, 0.3) is 0 Å². The molecule has 1 atom stereocenters. The van der Waals surface area contributed by atoms with Crippen LogP contribution in [0.4, 0.5) is 5.82 Å². The number of benzene rings is 1. The maximum atomic E-state index is 12.4. The number of anilines is 1. The smallest absolute Gasteiger partial charge is 0.338 e. The standard InChI is InChI=1S/C18H16Cl2N4O3S/c1-3-27-17(26)10-4-5-13-14(6-10)23-18(22-13)28-9(2)16(25)24-15-12(20)7-11(19)8-21-15/h4-9H,3H2,1-2H3,(H,22,23)(H,21,24,25). The Hall–Kier alpha value is -2.29. The Morgan fingerprint density at radius 2 is 2.11 bits per heavy atom. The Bertz CT molecular complexity index is 1040. The molecule has 146 valence electrons. The van der Waals surface area contributed by atoms with Crippen molar-refractivity contribution < 1.29 is 14.3 Å². The minimum atomic E-state index is -0.473. The van der Waals surface area contributed by atoms with Crippen molar-refractivity contribution in [1.82, 2.24) is 15.0 Å². The van der Waals surface area contributed by atoms with Gasteiger partial charge in [0.2, 0.25) is 5.91 Å². The number of carbonyl (C=O) groups excluding carboxylic acids is 2. The van der Waals surface area contributed by atoms with Crippen molar-refractivity contribution in [3.63, 3.8) is 0 Å². The zero-order chi connectivity index (χ0) is 20.3. The van der Waals surface area contributed by atoms with Gasteiger partial charge in [-0.05, 0) is 38.1 Å². The lowest BCUT2D eigenvalue weighted by Crippen LogP contribution is -2.23. The van der Waals surface area contributed by atoms with E-state index in [0.717, 1.165) is 0 Å². The van der Waals surface area contributed by atoms with Gasteiger partial charge in [-0.2, -0.15) is 0 Å². The van der Waals surface area contributed by atoms with Gasteiger partial charge in [-0.15, -0.1) is 0 Å². The topological polar surface area (TPSA) is 97.0 Å². The number of esters is 1. The maximum absolute atomic E-state index is 12.4. The van der Waals surface area contributed by atoms with Gasteiger partial charge in [0.05, 0.1) is 38.5 Å². The average molecular weight is 439 g/mol. The molecule has 28 heavy (non-hydrogen) atoms. The number of aromatic nitrogens is 3. The molecule has 0 fully saturated rings. The minimum absolute atomic E-state index is 0.243. The van der Waals surface area contributed by atoms with E-state index in [1.54, 1.807) is 32.0 Å². The molecule has 2 aromatic heterocycles. The molecule has 10 heteroatoms. The van der Waals surface area contributed by atoms with Crippen molar-refractivity contribution in [2.45, 2.75) is 24.3 Å². The fraction of sp³-hybridized carbons (Fsp3) is 0.222. The van der Waals surface area contributed by atoms with Crippen LogP contribution in [0.25, 0.3) is 11.0 Å². The highest BCUT2D eigenvalue weighted by atomic mass is 35.5. The molecule has 7 nitrogen and oxygen atoms in total. The summed E-state index contributed by atoms with van der Waals surface area (Å²) in [7, 11) is 0. The number of pyridine rings is 1. The Labute approximate surface area is 175 Å². The Morgan fingerprint density at radius 1 is 1.32 bits per heavy atom. The molecule has 0 aliphatic rings. The fourth-order valence-electron chi connectivity index (χ4n) is 2.33. The van der Waals surface area contributed by atoms with Crippen LogP contribution in [-0.4, -0.2) is 38.7 Å². The minimum Gasteiger partial charge on any atom is -0.462 e. The van der Waals surface area contributed by atoms with E-state index in [1.807, 2.05) is 0 Å². The van der Waals surface area contributed by atoms with Crippen molar-refractivity contribution in [2.75, 3.05) is 11.9 Å². The van der Waals surface area contributed by atoms with Crippen LogP contribution < -0.4 is 5.32 Å². The number of nitrogens with zero attached hydrogens (tertiary/aromatic N) is 2. The number of thioether (sulfide) groups is 1. The first-order chi connectivity index (χ1) is 13.4. The van der Waals surface area contributed by atoms with Crippen molar-refractivity contribution >= 4 is 63.7 Å². The normalized spacial score (nSPS) is 12.0. The fourth-order valence-corrected chi connectivity index (χ4v) is 3.58. The predicted octanol–water partition coefficient (Wildman–Crippen LogP) is 4.56. The molecule has 0 aliphatic heterocycles.